The Morgan fingerprint density at radius 2 is 2.17 bits per heavy atom. The summed E-state index contributed by atoms with van der Waals surface area (Å²) in [6.45, 7) is 5.37. The van der Waals surface area contributed by atoms with Gasteiger partial charge in [0.25, 0.3) is 0 Å². The van der Waals surface area contributed by atoms with E-state index in [9.17, 15) is 0 Å². The van der Waals surface area contributed by atoms with Gasteiger partial charge < -0.3 is 10.1 Å². The van der Waals surface area contributed by atoms with Gasteiger partial charge in [0.1, 0.15) is 5.75 Å². The minimum Gasteiger partial charge on any atom is -0.493 e. The Balaban J connectivity index is 1.78. The minimum atomic E-state index is 0.558. The SMILES string of the molecule is CCCCCCC(C)Nc1ccc2c(c1)CCO2. The molecule has 0 saturated heterocycles. The highest BCUT2D eigenvalue weighted by molar-refractivity contribution is 5.52. The van der Waals surface area contributed by atoms with Gasteiger partial charge in [-0.15, -0.1) is 0 Å². The molecule has 1 aliphatic rings. The number of hydrogen-bond acceptors (Lipinski definition) is 2. The second-order valence-electron chi connectivity index (χ2n) is 5.32. The molecule has 1 aromatic carbocycles. The molecule has 0 amide bonds. The van der Waals surface area contributed by atoms with Crippen molar-refractivity contribution in [1.29, 1.82) is 0 Å². The average Bonchev–Trinajstić information content (AvgIpc) is 2.82. The van der Waals surface area contributed by atoms with E-state index >= 15 is 0 Å². The zero-order chi connectivity index (χ0) is 12.8. The van der Waals surface area contributed by atoms with Crippen LogP contribution in [-0.2, 0) is 6.42 Å². The summed E-state index contributed by atoms with van der Waals surface area (Å²) in [5.41, 5.74) is 2.58. The molecular weight excluding hydrogens is 222 g/mol. The number of benzene rings is 1. The van der Waals surface area contributed by atoms with Crippen LogP contribution in [0.25, 0.3) is 0 Å². The first kappa shape index (κ1) is 13.3. The van der Waals surface area contributed by atoms with E-state index < -0.39 is 0 Å². The Bertz CT molecular complexity index is 375. The van der Waals surface area contributed by atoms with Crippen LogP contribution in [0.5, 0.6) is 5.75 Å². The zero-order valence-electron chi connectivity index (χ0n) is 11.7. The third kappa shape index (κ3) is 3.66. The first-order chi connectivity index (χ1) is 8.79. The molecule has 0 fully saturated rings. The summed E-state index contributed by atoms with van der Waals surface area (Å²) in [6, 6.07) is 7.02. The summed E-state index contributed by atoms with van der Waals surface area (Å²) in [4.78, 5) is 0. The fraction of sp³-hybridized carbons (Fsp3) is 0.625. The monoisotopic (exact) mass is 247 g/mol. The molecular formula is C16H25NO. The average molecular weight is 247 g/mol. The van der Waals surface area contributed by atoms with Crippen LogP contribution in [0, 0.1) is 0 Å². The van der Waals surface area contributed by atoms with E-state index in [1.54, 1.807) is 0 Å². The fourth-order valence-corrected chi connectivity index (χ4v) is 2.51. The highest BCUT2D eigenvalue weighted by Gasteiger charge is 2.12. The van der Waals surface area contributed by atoms with Crippen LogP contribution in [0.4, 0.5) is 5.69 Å². The first-order valence-electron chi connectivity index (χ1n) is 7.32. The lowest BCUT2D eigenvalue weighted by Gasteiger charge is -2.15. The van der Waals surface area contributed by atoms with Crippen LogP contribution < -0.4 is 10.1 Å². The second kappa shape index (κ2) is 6.67. The molecule has 1 unspecified atom stereocenters. The quantitative estimate of drug-likeness (QED) is 0.721. The lowest BCUT2D eigenvalue weighted by atomic mass is 10.1. The highest BCUT2D eigenvalue weighted by Crippen LogP contribution is 2.28. The van der Waals surface area contributed by atoms with Gasteiger partial charge in [-0.05, 0) is 37.1 Å². The zero-order valence-corrected chi connectivity index (χ0v) is 11.7. The number of unbranched alkanes of at least 4 members (excludes halogenated alkanes) is 3. The van der Waals surface area contributed by atoms with Crippen molar-refractivity contribution in [3.63, 3.8) is 0 Å². The lowest BCUT2D eigenvalue weighted by Crippen LogP contribution is -2.14. The number of nitrogens with one attached hydrogen (secondary N) is 1. The molecule has 0 aromatic heterocycles. The topological polar surface area (TPSA) is 21.3 Å². The third-order valence-electron chi connectivity index (χ3n) is 3.59. The van der Waals surface area contributed by atoms with E-state index in [2.05, 4.69) is 37.4 Å². The van der Waals surface area contributed by atoms with Crippen molar-refractivity contribution in [1.82, 2.24) is 0 Å². The van der Waals surface area contributed by atoms with Gasteiger partial charge in [0.05, 0.1) is 6.61 Å². The minimum absolute atomic E-state index is 0.558. The molecule has 100 valence electrons. The van der Waals surface area contributed by atoms with Crippen molar-refractivity contribution in [2.45, 2.75) is 58.4 Å². The summed E-state index contributed by atoms with van der Waals surface area (Å²) < 4.78 is 5.52. The number of ether oxygens (including phenoxy) is 1. The number of anilines is 1. The molecule has 1 heterocycles. The smallest absolute Gasteiger partial charge is 0.122 e. The summed E-state index contributed by atoms with van der Waals surface area (Å²) >= 11 is 0. The summed E-state index contributed by atoms with van der Waals surface area (Å²) in [7, 11) is 0. The standard InChI is InChI=1S/C16H25NO/c1-3-4-5-6-7-13(2)17-15-8-9-16-14(12-15)10-11-18-16/h8-9,12-13,17H,3-7,10-11H2,1-2H3. The predicted octanol–water partition coefficient (Wildman–Crippen LogP) is 4.39. The van der Waals surface area contributed by atoms with Crippen LogP contribution in [-0.4, -0.2) is 12.6 Å². The molecule has 0 aliphatic carbocycles. The van der Waals surface area contributed by atoms with Crippen molar-refractivity contribution < 1.29 is 4.74 Å². The molecule has 1 N–H and O–H groups in total. The molecule has 0 spiro atoms. The van der Waals surface area contributed by atoms with Crippen molar-refractivity contribution in [2.24, 2.45) is 0 Å². The van der Waals surface area contributed by atoms with E-state index in [-0.39, 0.29) is 0 Å². The van der Waals surface area contributed by atoms with Crippen molar-refractivity contribution in [3.8, 4) is 5.75 Å². The molecule has 0 bridgehead atoms. The molecule has 1 atom stereocenters. The Hall–Kier alpha value is -1.18. The fourth-order valence-electron chi connectivity index (χ4n) is 2.51. The third-order valence-corrected chi connectivity index (χ3v) is 3.59. The van der Waals surface area contributed by atoms with Gasteiger partial charge in [0.15, 0.2) is 0 Å². The summed E-state index contributed by atoms with van der Waals surface area (Å²) in [5.74, 6) is 1.07. The van der Waals surface area contributed by atoms with E-state index in [4.69, 9.17) is 4.74 Å². The van der Waals surface area contributed by atoms with Crippen molar-refractivity contribution in [3.05, 3.63) is 23.8 Å². The van der Waals surface area contributed by atoms with Gasteiger partial charge in [-0.2, -0.15) is 0 Å². The first-order valence-corrected chi connectivity index (χ1v) is 7.32. The molecule has 18 heavy (non-hydrogen) atoms. The molecule has 2 rings (SSSR count). The molecule has 0 saturated carbocycles. The number of hydrogen-bond donors (Lipinski definition) is 1. The highest BCUT2D eigenvalue weighted by atomic mass is 16.5. The van der Waals surface area contributed by atoms with Crippen LogP contribution in [0.15, 0.2) is 18.2 Å². The Morgan fingerprint density at radius 3 is 3.00 bits per heavy atom. The van der Waals surface area contributed by atoms with Crippen LogP contribution in [0.2, 0.25) is 0 Å². The Kier molecular flexibility index (Phi) is 4.91. The molecule has 1 aliphatic heterocycles. The van der Waals surface area contributed by atoms with E-state index in [1.165, 1.54) is 43.4 Å². The van der Waals surface area contributed by atoms with Crippen molar-refractivity contribution >= 4 is 5.69 Å². The van der Waals surface area contributed by atoms with Gasteiger partial charge >= 0.3 is 0 Å². The number of fused-ring (bicyclic) bond motifs is 1. The molecule has 2 nitrogen and oxygen atoms in total. The lowest BCUT2D eigenvalue weighted by molar-refractivity contribution is 0.357. The van der Waals surface area contributed by atoms with E-state index in [0.717, 1.165) is 18.8 Å². The molecule has 2 heteroatoms. The summed E-state index contributed by atoms with van der Waals surface area (Å²) in [6.07, 6.45) is 7.68. The maximum absolute atomic E-state index is 5.52. The van der Waals surface area contributed by atoms with Gasteiger partial charge in [-0.3, -0.25) is 0 Å². The Labute approximate surface area is 111 Å². The van der Waals surface area contributed by atoms with Gasteiger partial charge in [-0.1, -0.05) is 32.6 Å². The van der Waals surface area contributed by atoms with Gasteiger partial charge in [-0.25, -0.2) is 0 Å². The predicted molar refractivity (Wildman–Crippen MR) is 77.5 cm³/mol. The normalized spacial score (nSPS) is 15.0. The van der Waals surface area contributed by atoms with Crippen LogP contribution in [0.3, 0.4) is 0 Å². The van der Waals surface area contributed by atoms with E-state index in [1.807, 2.05) is 0 Å². The van der Waals surface area contributed by atoms with Crippen LogP contribution in [0.1, 0.15) is 51.5 Å². The van der Waals surface area contributed by atoms with Gasteiger partial charge in [0, 0.05) is 18.2 Å². The maximum atomic E-state index is 5.52. The largest absolute Gasteiger partial charge is 0.493 e. The number of rotatable bonds is 7. The maximum Gasteiger partial charge on any atom is 0.122 e. The Morgan fingerprint density at radius 1 is 1.28 bits per heavy atom. The van der Waals surface area contributed by atoms with Crippen LogP contribution >= 0.6 is 0 Å². The second-order valence-corrected chi connectivity index (χ2v) is 5.32. The summed E-state index contributed by atoms with van der Waals surface area (Å²) in [5, 5.41) is 3.59. The van der Waals surface area contributed by atoms with Gasteiger partial charge in [0.2, 0.25) is 0 Å². The van der Waals surface area contributed by atoms with Crippen molar-refractivity contribution in [2.75, 3.05) is 11.9 Å². The molecule has 0 radical (unpaired) electrons. The van der Waals surface area contributed by atoms with E-state index in [0.29, 0.717) is 6.04 Å². The molecule has 1 aromatic rings.